The van der Waals surface area contributed by atoms with Gasteiger partial charge in [-0.2, -0.15) is 0 Å². The molecule has 34 heavy (non-hydrogen) atoms. The first-order valence-electron chi connectivity index (χ1n) is 11.5. The summed E-state index contributed by atoms with van der Waals surface area (Å²) in [6, 6.07) is 4.60. The van der Waals surface area contributed by atoms with Gasteiger partial charge >= 0.3 is 0 Å². The van der Waals surface area contributed by atoms with Crippen LogP contribution in [-0.4, -0.2) is 71.5 Å². The molecule has 0 bridgehead atoms. The van der Waals surface area contributed by atoms with Crippen molar-refractivity contribution in [1.82, 2.24) is 14.8 Å². The Labute approximate surface area is 204 Å². The minimum absolute atomic E-state index is 0.0718. The van der Waals surface area contributed by atoms with Gasteiger partial charge in [0.05, 0.1) is 40.9 Å². The summed E-state index contributed by atoms with van der Waals surface area (Å²) in [4.78, 5) is 35.4. The molecule has 3 rings (SSSR count). The number of aromatic nitrogens is 1. The molecule has 1 aromatic carbocycles. The molecule has 0 spiro atoms. The molecule has 0 aliphatic carbocycles. The number of hydrogen-bond acceptors (Lipinski definition) is 8. The van der Waals surface area contributed by atoms with Crippen molar-refractivity contribution in [2.24, 2.45) is 0 Å². The van der Waals surface area contributed by atoms with E-state index in [4.69, 9.17) is 9.47 Å². The summed E-state index contributed by atoms with van der Waals surface area (Å²) >= 11 is 1.26. The average molecular weight is 488 g/mol. The first kappa shape index (κ1) is 25.7. The van der Waals surface area contributed by atoms with E-state index >= 15 is 0 Å². The Hall–Kier alpha value is -2.91. The van der Waals surface area contributed by atoms with Crippen LogP contribution >= 0.6 is 11.3 Å². The SMILES string of the molecule is CCOc1ccc(C2C(C(=O)c3sc(C)nc3C)=C(O)C(=O)N2CCN(CC)CC)cc1OC. The smallest absolute Gasteiger partial charge is 0.290 e. The Kier molecular flexibility index (Phi) is 8.33. The molecule has 2 heterocycles. The molecule has 1 aromatic heterocycles. The van der Waals surface area contributed by atoms with Crippen molar-refractivity contribution in [3.05, 3.63) is 50.7 Å². The van der Waals surface area contributed by atoms with E-state index in [2.05, 4.69) is 23.7 Å². The van der Waals surface area contributed by atoms with Crippen LogP contribution in [0.1, 0.15) is 52.7 Å². The first-order valence-corrected chi connectivity index (χ1v) is 12.3. The number of methoxy groups -OCH3 is 1. The zero-order valence-corrected chi connectivity index (χ0v) is 21.5. The lowest BCUT2D eigenvalue weighted by molar-refractivity contribution is -0.129. The highest BCUT2D eigenvalue weighted by atomic mass is 32.1. The number of thiazole rings is 1. The normalized spacial score (nSPS) is 16.0. The van der Waals surface area contributed by atoms with Crippen LogP contribution in [0.5, 0.6) is 11.5 Å². The molecule has 0 saturated carbocycles. The van der Waals surface area contributed by atoms with E-state index in [-0.39, 0.29) is 11.4 Å². The molecule has 1 amide bonds. The third-order valence-corrected chi connectivity index (χ3v) is 7.08. The van der Waals surface area contributed by atoms with Crippen molar-refractivity contribution in [2.45, 2.75) is 40.7 Å². The topological polar surface area (TPSA) is 92.2 Å². The summed E-state index contributed by atoms with van der Waals surface area (Å²) in [6.07, 6.45) is 0. The number of carbonyl (C=O) groups is 2. The van der Waals surface area contributed by atoms with Gasteiger partial charge in [-0.05, 0) is 51.6 Å². The Balaban J connectivity index is 2.10. The summed E-state index contributed by atoms with van der Waals surface area (Å²) in [5, 5.41) is 11.7. The third-order valence-electron chi connectivity index (χ3n) is 6.01. The van der Waals surface area contributed by atoms with Crippen LogP contribution in [0.2, 0.25) is 0 Å². The lowest BCUT2D eigenvalue weighted by Gasteiger charge is -2.29. The number of ketones is 1. The number of aryl methyl sites for hydroxylation is 2. The van der Waals surface area contributed by atoms with E-state index in [1.807, 2.05) is 19.9 Å². The van der Waals surface area contributed by atoms with Crippen molar-refractivity contribution in [1.29, 1.82) is 0 Å². The number of rotatable bonds is 11. The summed E-state index contributed by atoms with van der Waals surface area (Å²) in [5.41, 5.74) is 1.33. The number of nitrogens with zero attached hydrogens (tertiary/aromatic N) is 3. The maximum Gasteiger partial charge on any atom is 0.290 e. The van der Waals surface area contributed by atoms with E-state index in [0.29, 0.717) is 47.3 Å². The number of carbonyl (C=O) groups excluding carboxylic acids is 2. The largest absolute Gasteiger partial charge is 0.503 e. The molecular formula is C25H33N3O5S. The Morgan fingerprint density at radius 3 is 2.47 bits per heavy atom. The molecule has 2 aromatic rings. The van der Waals surface area contributed by atoms with Crippen LogP contribution in [0.4, 0.5) is 0 Å². The van der Waals surface area contributed by atoms with Crippen molar-refractivity contribution in [3.63, 3.8) is 0 Å². The van der Waals surface area contributed by atoms with Gasteiger partial charge in [0.15, 0.2) is 17.3 Å². The number of likely N-dealkylation sites (N-methyl/N-ethyl adjacent to an activating group) is 1. The van der Waals surface area contributed by atoms with Gasteiger partial charge in [-0.25, -0.2) is 4.98 Å². The monoisotopic (exact) mass is 487 g/mol. The maximum absolute atomic E-state index is 13.6. The van der Waals surface area contributed by atoms with Gasteiger partial charge in [0.1, 0.15) is 0 Å². The van der Waals surface area contributed by atoms with Crippen LogP contribution in [0.25, 0.3) is 0 Å². The molecule has 9 heteroatoms. The maximum atomic E-state index is 13.6. The number of aliphatic hydroxyl groups excluding tert-OH is 1. The molecule has 1 atom stereocenters. The Bertz CT molecular complexity index is 1090. The van der Waals surface area contributed by atoms with Crippen molar-refractivity contribution < 1.29 is 24.2 Å². The van der Waals surface area contributed by atoms with Crippen molar-refractivity contribution >= 4 is 23.0 Å². The molecule has 1 aliphatic heterocycles. The fourth-order valence-corrected chi connectivity index (χ4v) is 5.12. The summed E-state index contributed by atoms with van der Waals surface area (Å²) in [6.45, 7) is 12.7. The van der Waals surface area contributed by atoms with Gasteiger partial charge in [-0.1, -0.05) is 19.9 Å². The average Bonchev–Trinajstić information content (AvgIpc) is 3.29. The Morgan fingerprint density at radius 1 is 1.21 bits per heavy atom. The van der Waals surface area contributed by atoms with Crippen LogP contribution in [-0.2, 0) is 4.79 Å². The quantitative estimate of drug-likeness (QED) is 0.477. The highest BCUT2D eigenvalue weighted by Gasteiger charge is 2.44. The summed E-state index contributed by atoms with van der Waals surface area (Å²) < 4.78 is 11.2. The van der Waals surface area contributed by atoms with E-state index in [1.54, 1.807) is 31.1 Å². The molecule has 0 radical (unpaired) electrons. The lowest BCUT2D eigenvalue weighted by atomic mass is 9.94. The van der Waals surface area contributed by atoms with Gasteiger partial charge in [-0.3, -0.25) is 9.59 Å². The predicted molar refractivity (Wildman–Crippen MR) is 132 cm³/mol. The zero-order valence-electron chi connectivity index (χ0n) is 20.7. The van der Waals surface area contributed by atoms with Gasteiger partial charge in [0, 0.05) is 13.1 Å². The number of hydrogen-bond donors (Lipinski definition) is 1. The first-order chi connectivity index (χ1) is 16.3. The number of Topliss-reactive ketones (excluding diaryl/α,β-unsaturated/α-hetero) is 1. The highest BCUT2D eigenvalue weighted by molar-refractivity contribution is 7.14. The molecule has 1 unspecified atom stereocenters. The van der Waals surface area contributed by atoms with Crippen LogP contribution in [0.3, 0.4) is 0 Å². The van der Waals surface area contributed by atoms with Gasteiger partial charge in [0.25, 0.3) is 5.91 Å². The number of benzene rings is 1. The molecule has 1 aliphatic rings. The van der Waals surface area contributed by atoms with Gasteiger partial charge < -0.3 is 24.4 Å². The molecule has 184 valence electrons. The molecule has 0 saturated heterocycles. The molecular weight excluding hydrogens is 454 g/mol. The van der Waals surface area contributed by atoms with E-state index in [1.165, 1.54) is 11.3 Å². The fourth-order valence-electron chi connectivity index (χ4n) is 4.25. The standard InChI is InChI=1S/C25H33N3O5S/c1-7-27(8-2)12-13-28-21(17-10-11-18(33-9-3)19(14-17)32-6)20(23(30)25(28)31)22(29)24-15(4)26-16(5)34-24/h10-11,14,21,30H,7-9,12-13H2,1-6H3. The second kappa shape index (κ2) is 11.0. The molecule has 8 nitrogen and oxygen atoms in total. The van der Waals surface area contributed by atoms with Crippen LogP contribution < -0.4 is 9.47 Å². The van der Waals surface area contributed by atoms with Gasteiger partial charge in [-0.15, -0.1) is 11.3 Å². The number of ether oxygens (including phenoxy) is 2. The second-order valence-electron chi connectivity index (χ2n) is 8.01. The lowest BCUT2D eigenvalue weighted by Crippen LogP contribution is -2.38. The van der Waals surface area contributed by atoms with E-state index in [0.717, 1.165) is 18.1 Å². The number of aliphatic hydroxyl groups is 1. The fraction of sp³-hybridized carbons (Fsp3) is 0.480. The second-order valence-corrected chi connectivity index (χ2v) is 9.21. The van der Waals surface area contributed by atoms with E-state index in [9.17, 15) is 14.7 Å². The van der Waals surface area contributed by atoms with Crippen molar-refractivity contribution in [3.8, 4) is 11.5 Å². The highest BCUT2D eigenvalue weighted by Crippen LogP contribution is 2.42. The Morgan fingerprint density at radius 2 is 1.91 bits per heavy atom. The van der Waals surface area contributed by atoms with E-state index < -0.39 is 17.7 Å². The molecule has 0 fully saturated rings. The minimum atomic E-state index is -0.748. The minimum Gasteiger partial charge on any atom is -0.503 e. The van der Waals surface area contributed by atoms with Gasteiger partial charge in [0.2, 0.25) is 5.78 Å². The van der Waals surface area contributed by atoms with Crippen LogP contribution in [0, 0.1) is 13.8 Å². The third kappa shape index (κ3) is 4.95. The molecule has 1 N–H and O–H groups in total. The number of amides is 1. The predicted octanol–water partition coefficient (Wildman–Crippen LogP) is 4.09. The zero-order chi connectivity index (χ0) is 25.0. The summed E-state index contributed by atoms with van der Waals surface area (Å²) in [5.74, 6) is -0.362. The summed E-state index contributed by atoms with van der Waals surface area (Å²) in [7, 11) is 1.54. The van der Waals surface area contributed by atoms with Crippen molar-refractivity contribution in [2.75, 3.05) is 39.9 Å². The van der Waals surface area contributed by atoms with Crippen LogP contribution in [0.15, 0.2) is 29.5 Å².